The van der Waals surface area contributed by atoms with Crippen molar-refractivity contribution < 1.29 is 25.9 Å². The Balaban J connectivity index is 0. The zero-order valence-electron chi connectivity index (χ0n) is 4.31. The molecule has 1 nitrogen and oxygen atoms in total. The third kappa shape index (κ3) is 6.36. The fourth-order valence-electron chi connectivity index (χ4n) is 0.0589. The van der Waals surface area contributed by atoms with Gasteiger partial charge in [0.25, 0.3) is 0 Å². The van der Waals surface area contributed by atoms with E-state index in [1.54, 1.807) is 13.2 Å². The van der Waals surface area contributed by atoms with Crippen LogP contribution in [0, 0.1) is 12.8 Å². The van der Waals surface area contributed by atoms with Gasteiger partial charge in [-0.1, -0.05) is 6.92 Å². The Kier molecular flexibility index (Phi) is 9.41. The van der Waals surface area contributed by atoms with Crippen molar-refractivity contribution in [3.05, 3.63) is 6.92 Å². The van der Waals surface area contributed by atoms with Gasteiger partial charge >= 0.3 is 21.1 Å². The second kappa shape index (κ2) is 6.36. The van der Waals surface area contributed by atoms with Crippen molar-refractivity contribution in [1.29, 1.82) is 0 Å². The molecular formula is C5H8OW. The Morgan fingerprint density at radius 2 is 2.29 bits per heavy atom. The second-order valence-electron chi connectivity index (χ2n) is 1.31. The van der Waals surface area contributed by atoms with Crippen LogP contribution < -0.4 is 0 Å². The SMILES string of the molecule is [CH2-]CC(C)[C-]=O.[W+2]. The van der Waals surface area contributed by atoms with E-state index in [2.05, 4.69) is 6.92 Å². The van der Waals surface area contributed by atoms with E-state index < -0.39 is 0 Å². The summed E-state index contributed by atoms with van der Waals surface area (Å²) in [6.07, 6.45) is 2.46. The molecule has 0 radical (unpaired) electrons. The molecule has 0 aliphatic rings. The third-order valence-corrected chi connectivity index (χ3v) is 0.634. The Morgan fingerprint density at radius 1 is 1.86 bits per heavy atom. The normalized spacial score (nSPS) is 11.7. The molecule has 1 atom stereocenters. The van der Waals surface area contributed by atoms with Gasteiger partial charge in [0.2, 0.25) is 0 Å². The summed E-state index contributed by atoms with van der Waals surface area (Å²) in [6.45, 7) is 5.29. The summed E-state index contributed by atoms with van der Waals surface area (Å²) < 4.78 is 0. The summed E-state index contributed by atoms with van der Waals surface area (Å²) >= 11 is 0. The molecule has 0 rings (SSSR count). The molecule has 2 heteroatoms. The Labute approximate surface area is 58.7 Å². The predicted molar refractivity (Wildman–Crippen MR) is 24.8 cm³/mol. The quantitative estimate of drug-likeness (QED) is 0.681. The van der Waals surface area contributed by atoms with Crippen LogP contribution in [0.1, 0.15) is 13.3 Å². The van der Waals surface area contributed by atoms with Crippen LogP contribution in [0.15, 0.2) is 0 Å². The maximum absolute atomic E-state index is 9.57. The van der Waals surface area contributed by atoms with Crippen molar-refractivity contribution >= 4 is 6.29 Å². The van der Waals surface area contributed by atoms with Crippen LogP contribution in [0.5, 0.6) is 0 Å². The van der Waals surface area contributed by atoms with E-state index in [1.165, 1.54) is 0 Å². The van der Waals surface area contributed by atoms with Gasteiger partial charge in [-0.2, -0.15) is 5.92 Å². The molecule has 0 amide bonds. The van der Waals surface area contributed by atoms with E-state index in [9.17, 15) is 4.79 Å². The van der Waals surface area contributed by atoms with Crippen molar-refractivity contribution in [3.63, 3.8) is 0 Å². The van der Waals surface area contributed by atoms with Crippen LogP contribution in [0.25, 0.3) is 0 Å². The van der Waals surface area contributed by atoms with Crippen molar-refractivity contribution in [2.45, 2.75) is 13.3 Å². The van der Waals surface area contributed by atoms with Gasteiger partial charge in [0.05, 0.1) is 0 Å². The average Bonchev–Trinajstić information content (AvgIpc) is 1.65. The maximum Gasteiger partial charge on any atom is 2.00 e. The largest absolute Gasteiger partial charge is 2.00 e. The first kappa shape index (κ1) is 10.4. The van der Waals surface area contributed by atoms with Gasteiger partial charge in [0.15, 0.2) is 0 Å². The van der Waals surface area contributed by atoms with Crippen molar-refractivity contribution in [3.8, 4) is 0 Å². The summed E-state index contributed by atoms with van der Waals surface area (Å²) in [7, 11) is 0. The molecule has 0 aromatic rings. The number of rotatable bonds is 2. The minimum atomic E-state index is 0. The third-order valence-electron chi connectivity index (χ3n) is 0.634. The van der Waals surface area contributed by atoms with Gasteiger partial charge in [-0.25, -0.2) is 6.42 Å². The number of carbonyl (C=O) groups excluding carboxylic acids is 1. The molecule has 0 saturated heterocycles. The van der Waals surface area contributed by atoms with E-state index in [1.807, 2.05) is 0 Å². The van der Waals surface area contributed by atoms with Crippen LogP contribution in [0.4, 0.5) is 0 Å². The molecular weight excluding hydrogens is 260 g/mol. The van der Waals surface area contributed by atoms with Crippen LogP contribution >= 0.6 is 0 Å². The van der Waals surface area contributed by atoms with E-state index in [-0.39, 0.29) is 27.0 Å². The molecule has 0 heterocycles. The molecule has 40 valence electrons. The fraction of sp³-hybridized carbons (Fsp3) is 0.600. The van der Waals surface area contributed by atoms with Crippen molar-refractivity contribution in [2.24, 2.45) is 5.92 Å². The fourth-order valence-corrected chi connectivity index (χ4v) is 0.0589. The molecule has 0 bridgehead atoms. The van der Waals surface area contributed by atoms with Gasteiger partial charge in [0.1, 0.15) is 0 Å². The predicted octanol–water partition coefficient (Wildman–Crippen LogP) is 0.954. The van der Waals surface area contributed by atoms with E-state index >= 15 is 0 Å². The second-order valence-corrected chi connectivity index (χ2v) is 1.31. The number of hydrogen-bond acceptors (Lipinski definition) is 1. The average molecular weight is 268 g/mol. The van der Waals surface area contributed by atoms with E-state index in [0.29, 0.717) is 6.42 Å². The van der Waals surface area contributed by atoms with Crippen LogP contribution in [0.2, 0.25) is 0 Å². The summed E-state index contributed by atoms with van der Waals surface area (Å²) in [5.74, 6) is 0.0185. The molecule has 0 aromatic heterocycles. The van der Waals surface area contributed by atoms with E-state index in [4.69, 9.17) is 0 Å². The molecule has 0 N–H and O–H groups in total. The van der Waals surface area contributed by atoms with Crippen molar-refractivity contribution in [1.82, 2.24) is 0 Å². The minimum absolute atomic E-state index is 0. The zero-order valence-corrected chi connectivity index (χ0v) is 7.24. The first-order valence-electron chi connectivity index (χ1n) is 1.98. The molecule has 0 fully saturated rings. The van der Waals surface area contributed by atoms with Gasteiger partial charge in [-0.3, -0.25) is 6.29 Å². The minimum Gasteiger partial charge on any atom is -0.542 e. The number of hydrogen-bond donors (Lipinski definition) is 0. The molecule has 1 unspecified atom stereocenters. The molecule has 7 heavy (non-hydrogen) atoms. The first-order chi connectivity index (χ1) is 2.81. The Hall–Kier alpha value is 0.358. The molecule has 0 aromatic carbocycles. The van der Waals surface area contributed by atoms with Gasteiger partial charge in [-0.05, 0) is 0 Å². The Bertz CT molecular complexity index is 45.3. The molecule has 0 aliphatic carbocycles. The Morgan fingerprint density at radius 3 is 2.29 bits per heavy atom. The summed E-state index contributed by atoms with van der Waals surface area (Å²) in [5.41, 5.74) is 0. The standard InChI is InChI=1S/C5H8O.W/c1-3-5(2)4-6;/h5H,1,3H2,2H3;/q-2;+2. The van der Waals surface area contributed by atoms with Gasteiger partial charge < -0.3 is 11.7 Å². The van der Waals surface area contributed by atoms with Crippen LogP contribution in [-0.4, -0.2) is 6.29 Å². The van der Waals surface area contributed by atoms with Crippen LogP contribution in [-0.2, 0) is 25.9 Å². The monoisotopic (exact) mass is 268 g/mol. The van der Waals surface area contributed by atoms with Gasteiger partial charge in [-0.15, -0.1) is 0 Å². The molecule has 0 aliphatic heterocycles. The topological polar surface area (TPSA) is 17.1 Å². The molecule has 0 spiro atoms. The smallest absolute Gasteiger partial charge is 0.542 e. The first-order valence-corrected chi connectivity index (χ1v) is 1.98. The zero-order chi connectivity index (χ0) is 4.99. The van der Waals surface area contributed by atoms with Crippen molar-refractivity contribution in [2.75, 3.05) is 0 Å². The van der Waals surface area contributed by atoms with Crippen LogP contribution in [0.3, 0.4) is 0 Å². The summed E-state index contributed by atoms with van der Waals surface area (Å²) in [4.78, 5) is 9.57. The summed E-state index contributed by atoms with van der Waals surface area (Å²) in [5, 5.41) is 0. The maximum atomic E-state index is 9.57. The molecule has 0 saturated carbocycles. The van der Waals surface area contributed by atoms with E-state index in [0.717, 1.165) is 0 Å². The summed E-state index contributed by atoms with van der Waals surface area (Å²) in [6, 6.07) is 0. The van der Waals surface area contributed by atoms with Gasteiger partial charge in [0, 0.05) is 0 Å².